The highest BCUT2D eigenvalue weighted by molar-refractivity contribution is 6.30. The molecule has 18 heavy (non-hydrogen) atoms. The maximum Gasteiger partial charge on any atom is 0.0592 e. The van der Waals surface area contributed by atoms with Gasteiger partial charge >= 0.3 is 0 Å². The first kappa shape index (κ1) is 13.7. The Labute approximate surface area is 115 Å². The van der Waals surface area contributed by atoms with E-state index in [1.165, 1.54) is 0 Å². The van der Waals surface area contributed by atoms with Crippen molar-refractivity contribution < 1.29 is 0 Å². The molecule has 1 radical (unpaired) electrons. The van der Waals surface area contributed by atoms with E-state index in [2.05, 4.69) is 33.0 Å². The highest BCUT2D eigenvalue weighted by Crippen LogP contribution is 2.30. The van der Waals surface area contributed by atoms with Gasteiger partial charge in [0, 0.05) is 16.1 Å². The lowest BCUT2D eigenvalue weighted by atomic mass is 9.79. The number of hydrogen-bond acceptors (Lipinski definition) is 1. The number of rotatable bonds is 2. The van der Waals surface area contributed by atoms with Crippen LogP contribution in [0.4, 0.5) is 5.69 Å². The molecule has 1 fully saturated rings. The normalized spacial score (nSPS) is 22.7. The molecule has 1 aromatic carbocycles. The summed E-state index contributed by atoms with van der Waals surface area (Å²) in [6, 6.07) is 8.15. The first-order chi connectivity index (χ1) is 8.26. The molecule has 1 aromatic rings. The predicted molar refractivity (Wildman–Crippen MR) is 77.6 cm³/mol. The maximum atomic E-state index is 6.00. The van der Waals surface area contributed by atoms with Crippen molar-refractivity contribution in [2.24, 2.45) is 0 Å². The Bertz CT molecular complexity index is 410. The molecule has 0 aromatic heterocycles. The summed E-state index contributed by atoms with van der Waals surface area (Å²) >= 11 is 6.00. The zero-order valence-corrected chi connectivity index (χ0v) is 12.4. The Kier molecular flexibility index (Phi) is 3.61. The predicted octanol–water partition coefficient (Wildman–Crippen LogP) is 3.89. The van der Waals surface area contributed by atoms with Crippen LogP contribution in [0.1, 0.15) is 40.5 Å². The molecule has 1 N–H and O–H groups in total. The van der Waals surface area contributed by atoms with Crippen molar-refractivity contribution in [3.8, 4) is 0 Å². The fourth-order valence-electron chi connectivity index (χ4n) is 3.13. The zero-order valence-electron chi connectivity index (χ0n) is 11.6. The lowest BCUT2D eigenvalue weighted by Crippen LogP contribution is -2.60. The van der Waals surface area contributed by atoms with Gasteiger partial charge in [-0.25, -0.2) is 0 Å². The van der Waals surface area contributed by atoms with E-state index in [0.717, 1.165) is 23.6 Å². The van der Waals surface area contributed by atoms with E-state index in [9.17, 15) is 0 Å². The lowest BCUT2D eigenvalue weighted by Gasteiger charge is -2.46. The molecule has 0 bridgehead atoms. The second-order valence-corrected chi connectivity index (χ2v) is 7.00. The number of hydrogen-bond donors (Lipinski definition) is 1. The average Bonchev–Trinajstić information content (AvgIpc) is 2.11. The van der Waals surface area contributed by atoms with Crippen molar-refractivity contribution in [2.45, 2.75) is 57.7 Å². The molecule has 0 amide bonds. The molecular formula is C15H22ClN2. The van der Waals surface area contributed by atoms with Gasteiger partial charge in [-0.1, -0.05) is 17.7 Å². The zero-order chi connectivity index (χ0) is 13.4. The van der Waals surface area contributed by atoms with Crippen molar-refractivity contribution >= 4 is 17.3 Å². The fraction of sp³-hybridized carbons (Fsp3) is 0.600. The van der Waals surface area contributed by atoms with Gasteiger partial charge in [-0.05, 0) is 58.7 Å². The molecule has 3 heteroatoms. The Morgan fingerprint density at radius 2 is 1.78 bits per heavy atom. The van der Waals surface area contributed by atoms with E-state index in [1.54, 1.807) is 0 Å². The van der Waals surface area contributed by atoms with Crippen LogP contribution in [-0.4, -0.2) is 17.1 Å². The Morgan fingerprint density at radius 1 is 1.17 bits per heavy atom. The summed E-state index contributed by atoms with van der Waals surface area (Å²) in [5, 5.41) is 9.27. The highest BCUT2D eigenvalue weighted by Gasteiger charge is 2.38. The van der Waals surface area contributed by atoms with Crippen molar-refractivity contribution in [2.75, 3.05) is 0 Å². The van der Waals surface area contributed by atoms with Gasteiger partial charge in [0.1, 0.15) is 0 Å². The maximum absolute atomic E-state index is 6.00. The number of nitrogens with one attached hydrogen (secondary N) is 1. The Hall–Kier alpha value is -0.730. The summed E-state index contributed by atoms with van der Waals surface area (Å²) in [6.45, 7) is 8.98. The third-order valence-corrected chi connectivity index (χ3v) is 3.54. The molecule has 2 rings (SSSR count). The number of benzene rings is 1. The van der Waals surface area contributed by atoms with Crippen molar-refractivity contribution in [1.29, 1.82) is 0 Å². The van der Waals surface area contributed by atoms with Crippen molar-refractivity contribution in [1.82, 2.24) is 10.6 Å². The summed E-state index contributed by atoms with van der Waals surface area (Å²) in [5.41, 5.74) is 1.25. The minimum Gasteiger partial charge on any atom is -0.307 e. The van der Waals surface area contributed by atoms with Crippen LogP contribution in [0.25, 0.3) is 0 Å². The fourth-order valence-corrected chi connectivity index (χ4v) is 3.31. The van der Waals surface area contributed by atoms with Gasteiger partial charge in [-0.2, -0.15) is 0 Å². The van der Waals surface area contributed by atoms with E-state index in [4.69, 9.17) is 16.9 Å². The van der Waals surface area contributed by atoms with Gasteiger partial charge in [-0.3, -0.25) is 5.32 Å². The average molecular weight is 266 g/mol. The van der Waals surface area contributed by atoms with E-state index in [1.807, 2.05) is 24.3 Å². The van der Waals surface area contributed by atoms with E-state index in [0.29, 0.717) is 6.04 Å². The first-order valence-corrected chi connectivity index (χ1v) is 6.89. The lowest BCUT2D eigenvalue weighted by molar-refractivity contribution is 0.152. The second-order valence-electron chi connectivity index (χ2n) is 6.56. The number of halogens is 1. The highest BCUT2D eigenvalue weighted by atomic mass is 35.5. The van der Waals surface area contributed by atoms with Crippen LogP contribution in [0.3, 0.4) is 0 Å². The van der Waals surface area contributed by atoms with Gasteiger partial charge in [0.25, 0.3) is 0 Å². The summed E-state index contributed by atoms with van der Waals surface area (Å²) in [6.07, 6.45) is 2.12. The topological polar surface area (TPSA) is 26.1 Å². The molecule has 99 valence electrons. The summed E-state index contributed by atoms with van der Waals surface area (Å²) < 4.78 is 0. The van der Waals surface area contributed by atoms with Crippen LogP contribution >= 0.6 is 11.6 Å². The molecule has 1 heterocycles. The van der Waals surface area contributed by atoms with Crippen LogP contribution in [0.15, 0.2) is 24.3 Å². The van der Waals surface area contributed by atoms with Gasteiger partial charge < -0.3 is 5.32 Å². The molecule has 1 saturated heterocycles. The SMILES string of the molecule is CC1(C)CC([N]c2cccc(Cl)c2)CC(C)(C)N1. The van der Waals surface area contributed by atoms with Crippen LogP contribution in [0.2, 0.25) is 5.02 Å². The van der Waals surface area contributed by atoms with Crippen LogP contribution in [-0.2, 0) is 0 Å². The molecule has 0 saturated carbocycles. The number of piperidine rings is 1. The molecule has 0 atom stereocenters. The molecular weight excluding hydrogens is 244 g/mol. The summed E-state index contributed by atoms with van der Waals surface area (Å²) in [5.74, 6) is 0. The minimum absolute atomic E-state index is 0.133. The van der Waals surface area contributed by atoms with Crippen LogP contribution in [0.5, 0.6) is 0 Å². The molecule has 0 unspecified atom stereocenters. The summed E-state index contributed by atoms with van der Waals surface area (Å²) in [4.78, 5) is 0. The monoisotopic (exact) mass is 265 g/mol. The Balaban J connectivity index is 2.09. The first-order valence-electron chi connectivity index (χ1n) is 6.52. The molecule has 1 aliphatic heterocycles. The Morgan fingerprint density at radius 3 is 2.33 bits per heavy atom. The van der Waals surface area contributed by atoms with E-state index < -0.39 is 0 Å². The molecule has 0 aliphatic carbocycles. The third-order valence-electron chi connectivity index (χ3n) is 3.31. The van der Waals surface area contributed by atoms with Gasteiger partial charge in [0.05, 0.1) is 11.7 Å². The minimum atomic E-state index is 0.133. The van der Waals surface area contributed by atoms with Crippen LogP contribution in [0, 0.1) is 0 Å². The van der Waals surface area contributed by atoms with Gasteiger partial charge in [0.2, 0.25) is 0 Å². The molecule has 0 spiro atoms. The van der Waals surface area contributed by atoms with Crippen LogP contribution < -0.4 is 10.6 Å². The largest absolute Gasteiger partial charge is 0.307 e. The van der Waals surface area contributed by atoms with Gasteiger partial charge in [0.15, 0.2) is 0 Å². The quantitative estimate of drug-likeness (QED) is 0.863. The molecule has 1 aliphatic rings. The summed E-state index contributed by atoms with van der Waals surface area (Å²) in [7, 11) is 0. The number of nitrogens with zero attached hydrogens (tertiary/aromatic N) is 1. The van der Waals surface area contributed by atoms with E-state index >= 15 is 0 Å². The third kappa shape index (κ3) is 3.63. The van der Waals surface area contributed by atoms with Crippen molar-refractivity contribution in [3.05, 3.63) is 29.3 Å². The standard InChI is InChI=1S/C15H22ClN2/c1-14(2)9-13(10-15(3,4)18-14)17-12-7-5-6-11(16)8-12/h5-8,13,18H,9-10H2,1-4H3. The smallest absolute Gasteiger partial charge is 0.0592 e. The molecule has 2 nitrogen and oxygen atoms in total. The van der Waals surface area contributed by atoms with Crippen molar-refractivity contribution in [3.63, 3.8) is 0 Å². The van der Waals surface area contributed by atoms with E-state index in [-0.39, 0.29) is 11.1 Å². The van der Waals surface area contributed by atoms with Gasteiger partial charge in [-0.15, -0.1) is 0 Å². The second kappa shape index (κ2) is 4.75.